The lowest BCUT2D eigenvalue weighted by atomic mass is 9.92. The molecule has 2 rings (SSSR count). The van der Waals surface area contributed by atoms with Gasteiger partial charge in [0.1, 0.15) is 17.4 Å². The third-order valence-electron chi connectivity index (χ3n) is 2.90. The number of nitrogens with zero attached hydrogens (tertiary/aromatic N) is 3. The van der Waals surface area contributed by atoms with Gasteiger partial charge in [-0.2, -0.15) is 5.26 Å². The monoisotopic (exact) mass is 259 g/mol. The van der Waals surface area contributed by atoms with E-state index in [0.29, 0.717) is 18.8 Å². The van der Waals surface area contributed by atoms with Gasteiger partial charge in [0.25, 0.3) is 0 Å². The minimum Gasteiger partial charge on any atom is -0.444 e. The summed E-state index contributed by atoms with van der Waals surface area (Å²) in [7, 11) is 0. The fourth-order valence-electron chi connectivity index (χ4n) is 1.93. The number of hydrogen-bond acceptors (Lipinski definition) is 4. The van der Waals surface area contributed by atoms with Gasteiger partial charge in [0.15, 0.2) is 0 Å². The van der Waals surface area contributed by atoms with E-state index in [4.69, 9.17) is 10.00 Å². The van der Waals surface area contributed by atoms with E-state index >= 15 is 0 Å². The van der Waals surface area contributed by atoms with Gasteiger partial charge in [-0.05, 0) is 38.5 Å². The SMILES string of the molecule is CC(C)(C)OC(=O)N1CC(c2ccnc(C#N)c2)C1. The first-order chi connectivity index (χ1) is 8.89. The van der Waals surface area contributed by atoms with Crippen molar-refractivity contribution < 1.29 is 9.53 Å². The van der Waals surface area contributed by atoms with Crippen molar-refractivity contribution >= 4 is 6.09 Å². The minimum atomic E-state index is -0.465. The minimum absolute atomic E-state index is 0.266. The van der Waals surface area contributed by atoms with Crippen molar-refractivity contribution in [2.45, 2.75) is 32.3 Å². The lowest BCUT2D eigenvalue weighted by Crippen LogP contribution is -2.50. The second-order valence-electron chi connectivity index (χ2n) is 5.67. The first kappa shape index (κ1) is 13.3. The molecule has 0 aliphatic carbocycles. The van der Waals surface area contributed by atoms with E-state index in [-0.39, 0.29) is 12.0 Å². The fraction of sp³-hybridized carbons (Fsp3) is 0.500. The molecule has 0 bridgehead atoms. The molecule has 0 radical (unpaired) electrons. The van der Waals surface area contributed by atoms with Crippen LogP contribution in [0, 0.1) is 11.3 Å². The summed E-state index contributed by atoms with van der Waals surface area (Å²) in [4.78, 5) is 17.4. The molecule has 5 nitrogen and oxygen atoms in total. The lowest BCUT2D eigenvalue weighted by Gasteiger charge is -2.40. The number of likely N-dealkylation sites (tertiary alicyclic amines) is 1. The Morgan fingerprint density at radius 2 is 2.21 bits per heavy atom. The van der Waals surface area contributed by atoms with Crippen LogP contribution in [-0.4, -0.2) is 34.7 Å². The van der Waals surface area contributed by atoms with Gasteiger partial charge in [-0.1, -0.05) is 0 Å². The molecule has 1 aliphatic heterocycles. The third-order valence-corrected chi connectivity index (χ3v) is 2.90. The average molecular weight is 259 g/mol. The first-order valence-corrected chi connectivity index (χ1v) is 6.23. The lowest BCUT2D eigenvalue weighted by molar-refractivity contribution is 0.00819. The molecule has 2 heterocycles. The topological polar surface area (TPSA) is 66.2 Å². The van der Waals surface area contributed by atoms with Crippen LogP contribution in [-0.2, 0) is 4.74 Å². The number of aromatic nitrogens is 1. The van der Waals surface area contributed by atoms with Crippen LogP contribution in [0.4, 0.5) is 4.79 Å². The van der Waals surface area contributed by atoms with E-state index in [1.165, 1.54) is 0 Å². The Hall–Kier alpha value is -2.09. The summed E-state index contributed by atoms with van der Waals surface area (Å²) in [6.07, 6.45) is 1.35. The summed E-state index contributed by atoms with van der Waals surface area (Å²) in [6.45, 7) is 6.81. The van der Waals surface area contributed by atoms with Gasteiger partial charge in [-0.25, -0.2) is 9.78 Å². The number of rotatable bonds is 1. The number of amides is 1. The maximum atomic E-state index is 11.8. The van der Waals surface area contributed by atoms with Gasteiger partial charge in [0.2, 0.25) is 0 Å². The van der Waals surface area contributed by atoms with Gasteiger partial charge in [-0.15, -0.1) is 0 Å². The number of ether oxygens (including phenoxy) is 1. The number of nitriles is 1. The second kappa shape index (κ2) is 4.88. The zero-order chi connectivity index (χ0) is 14.0. The van der Waals surface area contributed by atoms with Gasteiger partial charge in [0, 0.05) is 25.2 Å². The molecule has 19 heavy (non-hydrogen) atoms. The van der Waals surface area contributed by atoms with Crippen LogP contribution in [0.15, 0.2) is 18.3 Å². The normalized spacial score (nSPS) is 15.6. The van der Waals surface area contributed by atoms with Crippen LogP contribution in [0.5, 0.6) is 0 Å². The van der Waals surface area contributed by atoms with E-state index in [2.05, 4.69) is 4.98 Å². The van der Waals surface area contributed by atoms with Crippen molar-refractivity contribution in [3.05, 3.63) is 29.6 Å². The van der Waals surface area contributed by atoms with Gasteiger partial charge in [-0.3, -0.25) is 0 Å². The quantitative estimate of drug-likeness (QED) is 0.776. The van der Waals surface area contributed by atoms with Crippen LogP contribution >= 0.6 is 0 Å². The molecule has 1 fully saturated rings. The molecular formula is C14H17N3O2. The molecule has 0 atom stereocenters. The second-order valence-corrected chi connectivity index (χ2v) is 5.67. The first-order valence-electron chi connectivity index (χ1n) is 6.23. The molecule has 1 aromatic rings. The molecule has 100 valence electrons. The maximum Gasteiger partial charge on any atom is 0.410 e. The standard InChI is InChI=1S/C14H17N3O2/c1-14(2,3)19-13(18)17-8-11(9-17)10-4-5-16-12(6-10)7-15/h4-6,11H,8-9H2,1-3H3. The molecule has 5 heteroatoms. The van der Waals surface area contributed by atoms with E-state index in [1.54, 1.807) is 17.2 Å². The summed E-state index contributed by atoms with van der Waals surface area (Å²) in [6, 6.07) is 5.68. The third kappa shape index (κ3) is 3.22. The zero-order valence-electron chi connectivity index (χ0n) is 11.4. The Morgan fingerprint density at radius 3 is 2.79 bits per heavy atom. The predicted octanol–water partition coefficient (Wildman–Crippen LogP) is 2.29. The fourth-order valence-corrected chi connectivity index (χ4v) is 1.93. The summed E-state index contributed by atoms with van der Waals surface area (Å²) < 4.78 is 5.29. The molecule has 0 N–H and O–H groups in total. The largest absolute Gasteiger partial charge is 0.444 e. The number of hydrogen-bond donors (Lipinski definition) is 0. The number of carbonyl (C=O) groups is 1. The molecular weight excluding hydrogens is 242 g/mol. The van der Waals surface area contributed by atoms with E-state index in [9.17, 15) is 4.79 Å². The summed E-state index contributed by atoms with van der Waals surface area (Å²) in [5.74, 6) is 0.266. The predicted molar refractivity (Wildman–Crippen MR) is 69.5 cm³/mol. The number of carbonyl (C=O) groups excluding carboxylic acids is 1. The average Bonchev–Trinajstić information content (AvgIpc) is 2.25. The Morgan fingerprint density at radius 1 is 1.53 bits per heavy atom. The van der Waals surface area contributed by atoms with Crippen LogP contribution in [0.2, 0.25) is 0 Å². The highest BCUT2D eigenvalue weighted by atomic mass is 16.6. The van der Waals surface area contributed by atoms with Crippen molar-refractivity contribution in [1.29, 1.82) is 5.26 Å². The van der Waals surface area contributed by atoms with E-state index in [1.807, 2.05) is 32.9 Å². The highest BCUT2D eigenvalue weighted by molar-refractivity contribution is 5.69. The van der Waals surface area contributed by atoms with Crippen LogP contribution in [0.3, 0.4) is 0 Å². The summed E-state index contributed by atoms with van der Waals surface area (Å²) >= 11 is 0. The van der Waals surface area contributed by atoms with Crippen molar-refractivity contribution in [3.63, 3.8) is 0 Å². The van der Waals surface area contributed by atoms with E-state index < -0.39 is 5.60 Å². The molecule has 1 amide bonds. The van der Waals surface area contributed by atoms with Gasteiger partial charge >= 0.3 is 6.09 Å². The van der Waals surface area contributed by atoms with Crippen LogP contribution in [0.1, 0.15) is 37.9 Å². The smallest absolute Gasteiger partial charge is 0.410 e. The van der Waals surface area contributed by atoms with Crippen LogP contribution < -0.4 is 0 Å². The molecule has 0 saturated carbocycles. The van der Waals surface area contributed by atoms with Crippen molar-refractivity contribution in [2.24, 2.45) is 0 Å². The number of pyridine rings is 1. The summed E-state index contributed by atoms with van der Waals surface area (Å²) in [5.41, 5.74) is 0.992. The zero-order valence-corrected chi connectivity index (χ0v) is 11.4. The highest BCUT2D eigenvalue weighted by Crippen LogP contribution is 2.28. The Labute approximate surface area is 112 Å². The Balaban J connectivity index is 1.93. The van der Waals surface area contributed by atoms with Gasteiger partial charge in [0.05, 0.1) is 0 Å². The highest BCUT2D eigenvalue weighted by Gasteiger charge is 2.34. The van der Waals surface area contributed by atoms with Gasteiger partial charge < -0.3 is 9.64 Å². The van der Waals surface area contributed by atoms with Crippen LogP contribution in [0.25, 0.3) is 0 Å². The Kier molecular flexibility index (Phi) is 3.43. The molecule has 0 aromatic carbocycles. The Bertz CT molecular complexity index is 522. The molecule has 0 unspecified atom stereocenters. The van der Waals surface area contributed by atoms with E-state index in [0.717, 1.165) is 5.56 Å². The maximum absolute atomic E-state index is 11.8. The van der Waals surface area contributed by atoms with Crippen molar-refractivity contribution in [2.75, 3.05) is 13.1 Å². The molecule has 1 aliphatic rings. The molecule has 1 aromatic heterocycles. The van der Waals surface area contributed by atoms with Crippen molar-refractivity contribution in [3.8, 4) is 6.07 Å². The molecule has 1 saturated heterocycles. The van der Waals surface area contributed by atoms with Crippen molar-refractivity contribution in [1.82, 2.24) is 9.88 Å². The molecule has 0 spiro atoms. The summed E-state index contributed by atoms with van der Waals surface area (Å²) in [5, 5.41) is 8.81.